The highest BCUT2D eigenvalue weighted by Crippen LogP contribution is 2.11. The molecular formula is C15H25FIN3OS. The molecule has 0 spiro atoms. The van der Waals surface area contributed by atoms with Gasteiger partial charge in [0.1, 0.15) is 18.2 Å². The molecule has 0 amide bonds. The molecule has 0 fully saturated rings. The van der Waals surface area contributed by atoms with E-state index in [2.05, 4.69) is 21.9 Å². The summed E-state index contributed by atoms with van der Waals surface area (Å²) >= 11 is 1.87. The number of hydrogen-bond donors (Lipinski definition) is 2. The van der Waals surface area contributed by atoms with E-state index in [9.17, 15) is 4.39 Å². The molecule has 0 saturated carbocycles. The van der Waals surface area contributed by atoms with E-state index in [4.69, 9.17) is 4.74 Å². The van der Waals surface area contributed by atoms with Gasteiger partial charge in [-0.3, -0.25) is 4.99 Å². The number of rotatable bonds is 9. The van der Waals surface area contributed by atoms with Gasteiger partial charge in [0.2, 0.25) is 0 Å². The summed E-state index contributed by atoms with van der Waals surface area (Å²) in [6.45, 7) is 1.97. The van der Waals surface area contributed by atoms with E-state index in [0.29, 0.717) is 18.9 Å². The van der Waals surface area contributed by atoms with Gasteiger partial charge >= 0.3 is 0 Å². The van der Waals surface area contributed by atoms with Crippen LogP contribution in [-0.2, 0) is 0 Å². The predicted octanol–water partition coefficient (Wildman–Crippen LogP) is 3.13. The summed E-state index contributed by atoms with van der Waals surface area (Å²) in [5.41, 5.74) is 0. The van der Waals surface area contributed by atoms with Crippen LogP contribution in [0, 0.1) is 5.82 Å². The fourth-order valence-electron chi connectivity index (χ4n) is 1.69. The number of guanidine groups is 1. The lowest BCUT2D eigenvalue weighted by Gasteiger charge is -2.12. The van der Waals surface area contributed by atoms with Crippen LogP contribution in [0.3, 0.4) is 0 Å². The first-order valence-corrected chi connectivity index (χ1v) is 8.47. The lowest BCUT2D eigenvalue weighted by Crippen LogP contribution is -2.39. The smallest absolute Gasteiger partial charge is 0.191 e. The van der Waals surface area contributed by atoms with E-state index in [1.54, 1.807) is 19.2 Å². The summed E-state index contributed by atoms with van der Waals surface area (Å²) in [4.78, 5) is 4.14. The van der Waals surface area contributed by atoms with E-state index in [-0.39, 0.29) is 29.8 Å². The Bertz CT molecular complexity index is 435. The molecule has 0 aliphatic carbocycles. The zero-order valence-corrected chi connectivity index (χ0v) is 16.2. The molecule has 4 nitrogen and oxygen atoms in total. The third-order valence-electron chi connectivity index (χ3n) is 2.75. The number of benzene rings is 1. The highest BCUT2D eigenvalue weighted by atomic mass is 127. The van der Waals surface area contributed by atoms with Crippen molar-refractivity contribution in [2.45, 2.75) is 12.8 Å². The minimum absolute atomic E-state index is 0. The molecule has 0 aliphatic rings. The van der Waals surface area contributed by atoms with Crippen LogP contribution in [-0.4, -0.2) is 44.7 Å². The van der Waals surface area contributed by atoms with Crippen molar-refractivity contribution in [2.75, 3.05) is 38.8 Å². The number of ether oxygens (including phenoxy) is 1. The van der Waals surface area contributed by atoms with Crippen molar-refractivity contribution in [3.05, 3.63) is 30.1 Å². The molecule has 0 saturated heterocycles. The molecule has 0 atom stereocenters. The molecule has 2 N–H and O–H groups in total. The lowest BCUT2D eigenvalue weighted by molar-refractivity contribution is 0.320. The molecule has 0 heterocycles. The van der Waals surface area contributed by atoms with Crippen molar-refractivity contribution < 1.29 is 9.13 Å². The van der Waals surface area contributed by atoms with Gasteiger partial charge in [-0.15, -0.1) is 24.0 Å². The Kier molecular flexibility index (Phi) is 13.5. The van der Waals surface area contributed by atoms with E-state index in [1.807, 2.05) is 11.8 Å². The van der Waals surface area contributed by atoms with E-state index in [1.165, 1.54) is 24.3 Å². The molecular weight excluding hydrogens is 416 g/mol. The molecule has 0 aromatic heterocycles. The molecule has 0 bridgehead atoms. The maximum atomic E-state index is 13.0. The Hall–Kier alpha value is -0.700. The molecule has 126 valence electrons. The van der Waals surface area contributed by atoms with Gasteiger partial charge < -0.3 is 15.4 Å². The van der Waals surface area contributed by atoms with Crippen LogP contribution in [0.4, 0.5) is 4.39 Å². The van der Waals surface area contributed by atoms with Gasteiger partial charge in [-0.1, -0.05) is 6.07 Å². The van der Waals surface area contributed by atoms with Crippen LogP contribution in [0.1, 0.15) is 12.8 Å². The van der Waals surface area contributed by atoms with Crippen molar-refractivity contribution in [2.24, 2.45) is 4.99 Å². The van der Waals surface area contributed by atoms with Crippen LogP contribution in [0.5, 0.6) is 5.75 Å². The Morgan fingerprint density at radius 1 is 1.27 bits per heavy atom. The molecule has 0 radical (unpaired) electrons. The molecule has 0 unspecified atom stereocenters. The maximum Gasteiger partial charge on any atom is 0.191 e. The second kappa shape index (κ2) is 13.9. The Morgan fingerprint density at radius 3 is 2.73 bits per heavy atom. The average Bonchev–Trinajstić information content (AvgIpc) is 2.49. The Morgan fingerprint density at radius 2 is 2.05 bits per heavy atom. The lowest BCUT2D eigenvalue weighted by atomic mass is 10.3. The molecule has 1 aromatic rings. The van der Waals surface area contributed by atoms with Crippen LogP contribution in [0.25, 0.3) is 0 Å². The topological polar surface area (TPSA) is 45.7 Å². The predicted molar refractivity (Wildman–Crippen MR) is 104 cm³/mol. The van der Waals surface area contributed by atoms with E-state index >= 15 is 0 Å². The second-order valence-electron chi connectivity index (χ2n) is 4.43. The largest absolute Gasteiger partial charge is 0.492 e. The van der Waals surface area contributed by atoms with Gasteiger partial charge in [0, 0.05) is 19.7 Å². The zero-order valence-electron chi connectivity index (χ0n) is 13.1. The number of nitrogens with one attached hydrogen (secondary N) is 2. The summed E-state index contributed by atoms with van der Waals surface area (Å²) in [7, 11) is 1.74. The molecule has 0 aliphatic heterocycles. The van der Waals surface area contributed by atoms with E-state index < -0.39 is 0 Å². The van der Waals surface area contributed by atoms with Crippen molar-refractivity contribution >= 4 is 41.7 Å². The normalized spacial score (nSPS) is 10.8. The average molecular weight is 441 g/mol. The van der Waals surface area contributed by atoms with Crippen LogP contribution >= 0.6 is 35.7 Å². The fourth-order valence-corrected chi connectivity index (χ4v) is 2.19. The first-order valence-electron chi connectivity index (χ1n) is 7.08. The number of halogens is 2. The minimum atomic E-state index is -0.289. The van der Waals surface area contributed by atoms with Crippen molar-refractivity contribution in [1.29, 1.82) is 0 Å². The number of unbranched alkanes of at least 4 members (excludes halogenated alkanes) is 1. The SMILES string of the molecule is CN=C(NCCCCSC)NCCOc1cccc(F)c1.I. The number of hydrogen-bond acceptors (Lipinski definition) is 3. The molecule has 1 aromatic carbocycles. The van der Waals surface area contributed by atoms with Gasteiger partial charge in [0.05, 0.1) is 6.54 Å². The van der Waals surface area contributed by atoms with Gasteiger partial charge in [-0.2, -0.15) is 11.8 Å². The van der Waals surface area contributed by atoms with Crippen molar-refractivity contribution in [3.63, 3.8) is 0 Å². The molecule has 7 heteroatoms. The number of thioether (sulfide) groups is 1. The zero-order chi connectivity index (χ0) is 15.3. The van der Waals surface area contributed by atoms with Crippen LogP contribution in [0.15, 0.2) is 29.3 Å². The van der Waals surface area contributed by atoms with Gasteiger partial charge in [0.25, 0.3) is 0 Å². The van der Waals surface area contributed by atoms with Gasteiger partial charge in [-0.05, 0) is 37.0 Å². The highest BCUT2D eigenvalue weighted by Gasteiger charge is 1.98. The Labute approximate surface area is 153 Å². The summed E-state index contributed by atoms with van der Waals surface area (Å²) in [5.74, 6) is 2.21. The first-order chi connectivity index (χ1) is 10.3. The fraction of sp³-hybridized carbons (Fsp3) is 0.533. The Balaban J connectivity index is 0.00000441. The quantitative estimate of drug-likeness (QED) is 0.268. The van der Waals surface area contributed by atoms with E-state index in [0.717, 1.165) is 18.9 Å². The third-order valence-corrected chi connectivity index (χ3v) is 3.45. The number of aliphatic imine (C=N–C) groups is 1. The number of nitrogens with zero attached hydrogens (tertiary/aromatic N) is 1. The van der Waals surface area contributed by atoms with Crippen molar-refractivity contribution in [1.82, 2.24) is 10.6 Å². The highest BCUT2D eigenvalue weighted by molar-refractivity contribution is 14.0. The molecule has 1 rings (SSSR count). The third kappa shape index (κ3) is 10.1. The second-order valence-corrected chi connectivity index (χ2v) is 5.42. The summed E-state index contributed by atoms with van der Waals surface area (Å²) in [6.07, 6.45) is 4.45. The van der Waals surface area contributed by atoms with Gasteiger partial charge in [-0.25, -0.2) is 4.39 Å². The summed E-state index contributed by atoms with van der Waals surface area (Å²) in [6, 6.07) is 6.14. The minimum Gasteiger partial charge on any atom is -0.492 e. The first kappa shape index (κ1) is 21.3. The van der Waals surface area contributed by atoms with Crippen LogP contribution in [0.2, 0.25) is 0 Å². The molecule has 22 heavy (non-hydrogen) atoms. The summed E-state index contributed by atoms with van der Waals surface area (Å²) in [5, 5.41) is 6.41. The summed E-state index contributed by atoms with van der Waals surface area (Å²) < 4.78 is 18.4. The maximum absolute atomic E-state index is 13.0. The van der Waals surface area contributed by atoms with Crippen molar-refractivity contribution in [3.8, 4) is 5.75 Å². The van der Waals surface area contributed by atoms with Gasteiger partial charge in [0.15, 0.2) is 5.96 Å². The van der Waals surface area contributed by atoms with Crippen LogP contribution < -0.4 is 15.4 Å². The standard InChI is InChI=1S/C15H24FN3OS.HI/c1-17-15(18-8-3-4-11-21-2)19-9-10-20-14-7-5-6-13(16)12-14;/h5-7,12H,3-4,8-11H2,1-2H3,(H2,17,18,19);1H. The monoisotopic (exact) mass is 441 g/mol.